The van der Waals surface area contributed by atoms with Crippen LogP contribution in [-0.2, 0) is 5.75 Å². The number of hydrogen-bond donors (Lipinski definition) is 0. The molecule has 22 heavy (non-hydrogen) atoms. The lowest BCUT2D eigenvalue weighted by molar-refractivity contribution is 0.528. The number of rotatable bonds is 4. The molecule has 0 aliphatic rings. The number of hydrogen-bond acceptors (Lipinski definition) is 4. The molecule has 0 spiro atoms. The molecule has 5 heteroatoms. The van der Waals surface area contributed by atoms with E-state index in [0.717, 1.165) is 5.56 Å². The van der Waals surface area contributed by atoms with Crippen LogP contribution < -0.4 is 0 Å². The van der Waals surface area contributed by atoms with Gasteiger partial charge in [0.25, 0.3) is 0 Å². The SMILES string of the molecule is Cc1ccc(SCc2nnc(-c3ccc(Cl)cc3)o2)c(C)c1. The summed E-state index contributed by atoms with van der Waals surface area (Å²) in [6.45, 7) is 4.21. The van der Waals surface area contributed by atoms with Crippen LogP contribution in [0.2, 0.25) is 5.02 Å². The molecule has 0 fully saturated rings. The third-order valence-corrected chi connectivity index (χ3v) is 4.65. The highest BCUT2D eigenvalue weighted by Crippen LogP contribution is 2.27. The van der Waals surface area contributed by atoms with Crippen molar-refractivity contribution in [1.29, 1.82) is 0 Å². The van der Waals surface area contributed by atoms with Gasteiger partial charge in [0.05, 0.1) is 5.75 Å². The lowest BCUT2D eigenvalue weighted by Gasteiger charge is -2.04. The van der Waals surface area contributed by atoms with E-state index >= 15 is 0 Å². The van der Waals surface area contributed by atoms with Gasteiger partial charge < -0.3 is 4.42 Å². The van der Waals surface area contributed by atoms with Crippen LogP contribution in [0.4, 0.5) is 0 Å². The average Bonchev–Trinajstić information content (AvgIpc) is 2.96. The fourth-order valence-electron chi connectivity index (χ4n) is 2.12. The van der Waals surface area contributed by atoms with E-state index in [2.05, 4.69) is 42.2 Å². The molecule has 0 saturated heterocycles. The highest BCUT2D eigenvalue weighted by atomic mass is 35.5. The van der Waals surface area contributed by atoms with E-state index in [0.29, 0.717) is 22.6 Å². The summed E-state index contributed by atoms with van der Waals surface area (Å²) < 4.78 is 5.71. The molecular weight excluding hydrogens is 316 g/mol. The van der Waals surface area contributed by atoms with Crippen LogP contribution in [0.3, 0.4) is 0 Å². The van der Waals surface area contributed by atoms with Gasteiger partial charge in [0.15, 0.2) is 0 Å². The molecule has 3 rings (SSSR count). The van der Waals surface area contributed by atoms with Gasteiger partial charge in [-0.25, -0.2) is 0 Å². The third-order valence-electron chi connectivity index (χ3n) is 3.24. The second-order valence-electron chi connectivity index (χ2n) is 5.07. The normalized spacial score (nSPS) is 10.9. The standard InChI is InChI=1S/C17H15ClN2OS/c1-11-3-8-15(12(2)9-11)22-10-16-19-20-17(21-16)13-4-6-14(18)7-5-13/h3-9H,10H2,1-2H3. The van der Waals surface area contributed by atoms with E-state index in [1.165, 1.54) is 16.0 Å². The summed E-state index contributed by atoms with van der Waals surface area (Å²) in [7, 11) is 0. The Morgan fingerprint density at radius 2 is 1.82 bits per heavy atom. The largest absolute Gasteiger partial charge is 0.420 e. The van der Waals surface area contributed by atoms with Crippen LogP contribution in [0, 0.1) is 13.8 Å². The maximum Gasteiger partial charge on any atom is 0.247 e. The molecule has 1 aromatic heterocycles. The van der Waals surface area contributed by atoms with Gasteiger partial charge in [-0.05, 0) is 49.7 Å². The number of nitrogens with zero attached hydrogens (tertiary/aromatic N) is 2. The zero-order valence-electron chi connectivity index (χ0n) is 12.3. The zero-order valence-corrected chi connectivity index (χ0v) is 13.9. The fraction of sp³-hybridized carbons (Fsp3) is 0.176. The number of benzene rings is 2. The Bertz CT molecular complexity index is 784. The van der Waals surface area contributed by atoms with Gasteiger partial charge in [0, 0.05) is 15.5 Å². The summed E-state index contributed by atoms with van der Waals surface area (Å²) in [5, 5.41) is 8.89. The van der Waals surface area contributed by atoms with E-state index < -0.39 is 0 Å². The smallest absolute Gasteiger partial charge is 0.247 e. The van der Waals surface area contributed by atoms with E-state index in [1.807, 2.05) is 24.3 Å². The van der Waals surface area contributed by atoms with Gasteiger partial charge in [-0.1, -0.05) is 29.3 Å². The van der Waals surface area contributed by atoms with Crippen LogP contribution >= 0.6 is 23.4 Å². The molecule has 0 unspecified atom stereocenters. The monoisotopic (exact) mass is 330 g/mol. The van der Waals surface area contributed by atoms with Gasteiger partial charge in [0.1, 0.15) is 0 Å². The van der Waals surface area contributed by atoms with Crippen molar-refractivity contribution in [3.8, 4) is 11.5 Å². The van der Waals surface area contributed by atoms with Crippen molar-refractivity contribution in [1.82, 2.24) is 10.2 Å². The van der Waals surface area contributed by atoms with Gasteiger partial charge in [-0.15, -0.1) is 22.0 Å². The number of thioether (sulfide) groups is 1. The molecule has 0 bridgehead atoms. The Balaban J connectivity index is 1.70. The van der Waals surface area contributed by atoms with E-state index in [-0.39, 0.29) is 0 Å². The Kier molecular flexibility index (Phi) is 4.50. The lowest BCUT2D eigenvalue weighted by Crippen LogP contribution is -1.84. The van der Waals surface area contributed by atoms with E-state index in [1.54, 1.807) is 11.8 Å². The summed E-state index contributed by atoms with van der Waals surface area (Å²) in [6, 6.07) is 13.8. The van der Waals surface area contributed by atoms with Gasteiger partial charge in [0.2, 0.25) is 11.8 Å². The minimum absolute atomic E-state index is 0.521. The molecule has 0 saturated carbocycles. The Morgan fingerprint density at radius 1 is 1.05 bits per heavy atom. The summed E-state index contributed by atoms with van der Waals surface area (Å²) in [4.78, 5) is 1.23. The van der Waals surface area contributed by atoms with Crippen LogP contribution in [0.25, 0.3) is 11.5 Å². The molecule has 0 aliphatic heterocycles. The maximum absolute atomic E-state index is 5.88. The van der Waals surface area contributed by atoms with Crippen LogP contribution in [-0.4, -0.2) is 10.2 Å². The van der Waals surface area contributed by atoms with Crippen molar-refractivity contribution >= 4 is 23.4 Å². The highest BCUT2D eigenvalue weighted by molar-refractivity contribution is 7.98. The topological polar surface area (TPSA) is 38.9 Å². The molecule has 0 N–H and O–H groups in total. The quantitative estimate of drug-likeness (QED) is 0.608. The van der Waals surface area contributed by atoms with Crippen LogP contribution in [0.15, 0.2) is 51.8 Å². The minimum atomic E-state index is 0.521. The third kappa shape index (κ3) is 3.51. The Morgan fingerprint density at radius 3 is 2.55 bits per heavy atom. The van der Waals surface area contributed by atoms with Gasteiger partial charge >= 0.3 is 0 Å². The summed E-state index contributed by atoms with van der Waals surface area (Å²) >= 11 is 7.58. The number of aryl methyl sites for hydroxylation is 2. The summed E-state index contributed by atoms with van der Waals surface area (Å²) in [6.07, 6.45) is 0. The maximum atomic E-state index is 5.88. The first-order chi connectivity index (χ1) is 10.6. The molecule has 2 aromatic carbocycles. The molecule has 0 aliphatic carbocycles. The predicted molar refractivity (Wildman–Crippen MR) is 90.2 cm³/mol. The van der Waals surface area contributed by atoms with E-state index in [4.69, 9.17) is 16.0 Å². The Labute approximate surface area is 138 Å². The molecular formula is C17H15ClN2OS. The first kappa shape index (κ1) is 15.1. The molecule has 0 amide bonds. The first-order valence-corrected chi connectivity index (χ1v) is 8.26. The van der Waals surface area contributed by atoms with Crippen molar-refractivity contribution in [2.75, 3.05) is 0 Å². The second kappa shape index (κ2) is 6.55. The summed E-state index contributed by atoms with van der Waals surface area (Å²) in [5.41, 5.74) is 3.41. The predicted octanol–water partition coefficient (Wildman–Crippen LogP) is 5.30. The Hall–Kier alpha value is -1.78. The average molecular weight is 331 g/mol. The molecule has 1 heterocycles. The fourth-order valence-corrected chi connectivity index (χ4v) is 3.09. The van der Waals surface area contributed by atoms with E-state index in [9.17, 15) is 0 Å². The first-order valence-electron chi connectivity index (χ1n) is 6.90. The second-order valence-corrected chi connectivity index (χ2v) is 6.52. The molecule has 0 radical (unpaired) electrons. The lowest BCUT2D eigenvalue weighted by atomic mass is 10.2. The molecule has 0 atom stereocenters. The number of aromatic nitrogens is 2. The van der Waals surface area contributed by atoms with Crippen molar-refractivity contribution in [2.45, 2.75) is 24.5 Å². The van der Waals surface area contributed by atoms with Gasteiger partial charge in [-0.2, -0.15) is 0 Å². The number of halogens is 1. The van der Waals surface area contributed by atoms with Crippen LogP contribution in [0.1, 0.15) is 17.0 Å². The zero-order chi connectivity index (χ0) is 15.5. The van der Waals surface area contributed by atoms with Gasteiger partial charge in [-0.3, -0.25) is 0 Å². The van der Waals surface area contributed by atoms with Crippen molar-refractivity contribution in [3.05, 3.63) is 64.5 Å². The van der Waals surface area contributed by atoms with Crippen LogP contribution in [0.5, 0.6) is 0 Å². The molecule has 3 aromatic rings. The van der Waals surface area contributed by atoms with Crippen molar-refractivity contribution in [3.63, 3.8) is 0 Å². The highest BCUT2D eigenvalue weighted by Gasteiger charge is 2.09. The molecule has 3 nitrogen and oxygen atoms in total. The van der Waals surface area contributed by atoms with Crippen molar-refractivity contribution in [2.24, 2.45) is 0 Å². The molecule has 112 valence electrons. The minimum Gasteiger partial charge on any atom is -0.420 e. The summed E-state index contributed by atoms with van der Waals surface area (Å²) in [5.74, 6) is 1.80. The van der Waals surface area contributed by atoms with Crippen molar-refractivity contribution < 1.29 is 4.42 Å².